The molecule has 16 heavy (non-hydrogen) atoms. The van der Waals surface area contributed by atoms with Crippen molar-refractivity contribution in [3.05, 3.63) is 0 Å². The standard InChI is InChI=1S/C11H17F3N2/c1-2-9-3-5-16(6-4-9)8-10(7-15)11(12,13)14/h9-10H,2-6,8H2,1H3. The van der Waals surface area contributed by atoms with Crippen molar-refractivity contribution in [3.63, 3.8) is 0 Å². The summed E-state index contributed by atoms with van der Waals surface area (Å²) in [5.41, 5.74) is 0. The first-order chi connectivity index (χ1) is 7.47. The molecule has 1 heterocycles. The summed E-state index contributed by atoms with van der Waals surface area (Å²) < 4.78 is 37.1. The Balaban J connectivity index is 2.41. The molecule has 5 heteroatoms. The van der Waals surface area contributed by atoms with Gasteiger partial charge in [0.05, 0.1) is 6.07 Å². The summed E-state index contributed by atoms with van der Waals surface area (Å²) in [7, 11) is 0. The second-order valence-corrected chi connectivity index (χ2v) is 4.38. The Morgan fingerprint density at radius 2 is 1.94 bits per heavy atom. The zero-order valence-electron chi connectivity index (χ0n) is 9.43. The van der Waals surface area contributed by atoms with Crippen molar-refractivity contribution in [2.24, 2.45) is 11.8 Å². The number of nitrogens with zero attached hydrogens (tertiary/aromatic N) is 2. The van der Waals surface area contributed by atoms with E-state index in [0.717, 1.165) is 19.3 Å². The van der Waals surface area contributed by atoms with Gasteiger partial charge in [0.15, 0.2) is 5.92 Å². The first-order valence-electron chi connectivity index (χ1n) is 5.66. The van der Waals surface area contributed by atoms with E-state index in [0.29, 0.717) is 19.0 Å². The monoisotopic (exact) mass is 234 g/mol. The smallest absolute Gasteiger partial charge is 0.302 e. The number of likely N-dealkylation sites (tertiary alicyclic amines) is 1. The Kier molecular flexibility index (Phi) is 4.60. The van der Waals surface area contributed by atoms with Crippen LogP contribution >= 0.6 is 0 Å². The fourth-order valence-corrected chi connectivity index (χ4v) is 2.05. The molecular formula is C11H17F3N2. The number of rotatable bonds is 3. The highest BCUT2D eigenvalue weighted by Crippen LogP contribution is 2.28. The van der Waals surface area contributed by atoms with E-state index in [1.54, 1.807) is 4.90 Å². The molecule has 1 saturated heterocycles. The van der Waals surface area contributed by atoms with E-state index in [-0.39, 0.29) is 6.54 Å². The van der Waals surface area contributed by atoms with Gasteiger partial charge in [-0.1, -0.05) is 13.3 Å². The molecule has 0 N–H and O–H groups in total. The van der Waals surface area contributed by atoms with Crippen LogP contribution in [0.25, 0.3) is 0 Å². The molecule has 0 spiro atoms. The number of hydrogen-bond donors (Lipinski definition) is 0. The van der Waals surface area contributed by atoms with E-state index >= 15 is 0 Å². The van der Waals surface area contributed by atoms with Crippen molar-refractivity contribution in [1.82, 2.24) is 4.90 Å². The number of hydrogen-bond acceptors (Lipinski definition) is 2. The van der Waals surface area contributed by atoms with Gasteiger partial charge in [0.2, 0.25) is 0 Å². The first kappa shape index (κ1) is 13.3. The topological polar surface area (TPSA) is 27.0 Å². The Labute approximate surface area is 94.0 Å². The molecule has 0 amide bonds. The molecule has 1 aliphatic heterocycles. The summed E-state index contributed by atoms with van der Waals surface area (Å²) in [6.07, 6.45) is -1.40. The maximum absolute atomic E-state index is 12.4. The van der Waals surface area contributed by atoms with Gasteiger partial charge in [0.25, 0.3) is 0 Å². The molecule has 0 aromatic carbocycles. The average molecular weight is 234 g/mol. The zero-order valence-corrected chi connectivity index (χ0v) is 9.43. The van der Waals surface area contributed by atoms with Crippen LogP contribution in [-0.4, -0.2) is 30.7 Å². The average Bonchev–Trinajstić information content (AvgIpc) is 2.25. The van der Waals surface area contributed by atoms with Crippen molar-refractivity contribution in [3.8, 4) is 6.07 Å². The Hall–Kier alpha value is -0.760. The molecule has 0 saturated carbocycles. The van der Waals surface area contributed by atoms with E-state index in [1.165, 1.54) is 6.07 Å². The van der Waals surface area contributed by atoms with Gasteiger partial charge in [-0.05, 0) is 31.8 Å². The summed E-state index contributed by atoms with van der Waals surface area (Å²) in [6.45, 7) is 3.31. The zero-order chi connectivity index (χ0) is 12.2. The predicted molar refractivity (Wildman–Crippen MR) is 54.6 cm³/mol. The lowest BCUT2D eigenvalue weighted by atomic mass is 9.94. The van der Waals surface area contributed by atoms with Crippen LogP contribution in [-0.2, 0) is 0 Å². The largest absolute Gasteiger partial charge is 0.405 e. The maximum Gasteiger partial charge on any atom is 0.405 e. The summed E-state index contributed by atoms with van der Waals surface area (Å²) in [5.74, 6) is -1.20. The van der Waals surface area contributed by atoms with Gasteiger partial charge < -0.3 is 4.90 Å². The molecule has 1 unspecified atom stereocenters. The lowest BCUT2D eigenvalue weighted by Gasteiger charge is -2.32. The van der Waals surface area contributed by atoms with Crippen molar-refractivity contribution >= 4 is 0 Å². The minimum atomic E-state index is -4.39. The molecule has 0 aromatic rings. The fourth-order valence-electron chi connectivity index (χ4n) is 2.05. The van der Waals surface area contributed by atoms with Crippen molar-refractivity contribution < 1.29 is 13.2 Å². The third kappa shape index (κ3) is 3.67. The lowest BCUT2D eigenvalue weighted by Crippen LogP contribution is -2.40. The van der Waals surface area contributed by atoms with E-state index in [9.17, 15) is 13.2 Å². The van der Waals surface area contributed by atoms with Gasteiger partial charge in [-0.3, -0.25) is 0 Å². The number of halogens is 3. The molecular weight excluding hydrogens is 217 g/mol. The maximum atomic E-state index is 12.4. The number of nitriles is 1. The van der Waals surface area contributed by atoms with Gasteiger partial charge in [0, 0.05) is 6.54 Å². The predicted octanol–water partition coefficient (Wildman–Crippen LogP) is 2.81. The molecule has 92 valence electrons. The fraction of sp³-hybridized carbons (Fsp3) is 0.909. The van der Waals surface area contributed by atoms with Gasteiger partial charge in [0.1, 0.15) is 0 Å². The lowest BCUT2D eigenvalue weighted by molar-refractivity contribution is -0.163. The summed E-state index contributed by atoms with van der Waals surface area (Å²) in [4.78, 5) is 1.76. The van der Waals surface area contributed by atoms with Gasteiger partial charge >= 0.3 is 6.18 Å². The SMILES string of the molecule is CCC1CCN(CC(C#N)C(F)(F)F)CC1. The van der Waals surface area contributed by atoms with Crippen LogP contribution in [0.4, 0.5) is 13.2 Å². The van der Waals surface area contributed by atoms with Crippen molar-refractivity contribution in [2.75, 3.05) is 19.6 Å². The molecule has 0 aromatic heterocycles. The normalized spacial score (nSPS) is 21.7. The third-order valence-electron chi connectivity index (χ3n) is 3.28. The molecule has 0 radical (unpaired) electrons. The summed E-state index contributed by atoms with van der Waals surface area (Å²) in [5, 5.41) is 8.49. The van der Waals surface area contributed by atoms with E-state index in [4.69, 9.17) is 5.26 Å². The minimum absolute atomic E-state index is 0.170. The highest BCUT2D eigenvalue weighted by atomic mass is 19.4. The molecule has 0 aliphatic carbocycles. The molecule has 0 bridgehead atoms. The van der Waals surface area contributed by atoms with Crippen molar-refractivity contribution in [2.45, 2.75) is 32.4 Å². The Morgan fingerprint density at radius 3 is 2.31 bits per heavy atom. The minimum Gasteiger partial charge on any atom is -0.302 e. The van der Waals surface area contributed by atoms with E-state index < -0.39 is 12.1 Å². The molecule has 1 fully saturated rings. The summed E-state index contributed by atoms with van der Waals surface area (Å²) in [6, 6.07) is 1.35. The second kappa shape index (κ2) is 5.53. The number of alkyl halides is 3. The molecule has 2 nitrogen and oxygen atoms in total. The van der Waals surface area contributed by atoms with Crippen LogP contribution in [0, 0.1) is 23.2 Å². The Bertz CT molecular complexity index is 249. The number of piperidine rings is 1. The van der Waals surface area contributed by atoms with Crippen LogP contribution in [0.2, 0.25) is 0 Å². The van der Waals surface area contributed by atoms with E-state index in [1.807, 2.05) is 0 Å². The van der Waals surface area contributed by atoms with Gasteiger partial charge in [-0.15, -0.1) is 0 Å². The highest BCUT2D eigenvalue weighted by Gasteiger charge is 2.41. The van der Waals surface area contributed by atoms with Crippen LogP contribution in [0.3, 0.4) is 0 Å². The quantitative estimate of drug-likeness (QED) is 0.750. The molecule has 1 aliphatic rings. The first-order valence-corrected chi connectivity index (χ1v) is 5.66. The molecule has 1 rings (SSSR count). The Morgan fingerprint density at radius 1 is 1.38 bits per heavy atom. The summed E-state index contributed by atoms with van der Waals surface area (Å²) >= 11 is 0. The third-order valence-corrected chi connectivity index (χ3v) is 3.28. The van der Waals surface area contributed by atoms with Gasteiger partial charge in [-0.2, -0.15) is 18.4 Å². The highest BCUT2D eigenvalue weighted by molar-refractivity contribution is 4.91. The van der Waals surface area contributed by atoms with Crippen LogP contribution in [0.1, 0.15) is 26.2 Å². The molecule has 1 atom stereocenters. The van der Waals surface area contributed by atoms with Crippen LogP contribution in [0.15, 0.2) is 0 Å². The van der Waals surface area contributed by atoms with E-state index in [2.05, 4.69) is 6.92 Å². The van der Waals surface area contributed by atoms with Gasteiger partial charge in [-0.25, -0.2) is 0 Å². The van der Waals surface area contributed by atoms with Crippen molar-refractivity contribution in [1.29, 1.82) is 5.26 Å². The van der Waals surface area contributed by atoms with Crippen LogP contribution in [0.5, 0.6) is 0 Å². The van der Waals surface area contributed by atoms with Crippen LogP contribution < -0.4 is 0 Å². The second-order valence-electron chi connectivity index (χ2n) is 4.38.